The first-order valence-electron chi connectivity index (χ1n) is 11.4. The van der Waals surface area contributed by atoms with Crippen LogP contribution >= 0.6 is 0 Å². The molecule has 1 aromatic heterocycles. The zero-order chi connectivity index (χ0) is 22.7. The quantitative estimate of drug-likeness (QED) is 0.590. The van der Waals surface area contributed by atoms with Crippen LogP contribution in [0.15, 0.2) is 22.7 Å². The molecule has 1 saturated carbocycles. The number of amides is 1. The molecular formula is C24H32N4O4. The average Bonchev–Trinajstić information content (AvgIpc) is 3.13. The lowest BCUT2D eigenvalue weighted by Gasteiger charge is -2.30. The molecule has 1 aromatic carbocycles. The highest BCUT2D eigenvalue weighted by Crippen LogP contribution is 2.34. The maximum Gasteiger partial charge on any atom is 0.249 e. The molecule has 3 N–H and O–H groups in total. The SMILES string of the molecule is COC1CCC(Nc2ccc(-c3c(C)noc3C)cc2NC(=O)[C@H]2NCCCC2=O)CC1. The van der Waals surface area contributed by atoms with Gasteiger partial charge < -0.3 is 19.9 Å². The van der Waals surface area contributed by atoms with Gasteiger partial charge in [0.25, 0.3) is 0 Å². The molecule has 8 heteroatoms. The fourth-order valence-electron chi connectivity index (χ4n) is 4.70. The van der Waals surface area contributed by atoms with Crippen LogP contribution in [0.2, 0.25) is 0 Å². The van der Waals surface area contributed by atoms with Crippen LogP contribution in [-0.4, -0.2) is 48.7 Å². The second kappa shape index (κ2) is 9.83. The van der Waals surface area contributed by atoms with Crippen molar-refractivity contribution in [2.24, 2.45) is 0 Å². The summed E-state index contributed by atoms with van der Waals surface area (Å²) < 4.78 is 10.8. The first kappa shape index (κ1) is 22.5. The number of anilines is 2. The molecule has 2 aliphatic rings. The fourth-order valence-corrected chi connectivity index (χ4v) is 4.70. The Labute approximate surface area is 188 Å². The van der Waals surface area contributed by atoms with E-state index < -0.39 is 6.04 Å². The topological polar surface area (TPSA) is 105 Å². The molecule has 2 fully saturated rings. The van der Waals surface area contributed by atoms with Gasteiger partial charge in [0.2, 0.25) is 5.91 Å². The van der Waals surface area contributed by atoms with Crippen LogP contribution in [0.25, 0.3) is 11.1 Å². The summed E-state index contributed by atoms with van der Waals surface area (Å²) in [5, 5.41) is 13.7. The van der Waals surface area contributed by atoms with Crippen molar-refractivity contribution in [2.75, 3.05) is 24.3 Å². The van der Waals surface area contributed by atoms with Crippen LogP contribution < -0.4 is 16.0 Å². The van der Waals surface area contributed by atoms with Crippen LogP contribution in [-0.2, 0) is 14.3 Å². The van der Waals surface area contributed by atoms with Gasteiger partial charge in [-0.25, -0.2) is 0 Å². The van der Waals surface area contributed by atoms with E-state index in [1.54, 1.807) is 7.11 Å². The third kappa shape index (κ3) is 4.86. The van der Waals surface area contributed by atoms with E-state index in [0.29, 0.717) is 30.8 Å². The first-order chi connectivity index (χ1) is 15.5. The molecular weight excluding hydrogens is 408 g/mol. The van der Waals surface area contributed by atoms with E-state index in [-0.39, 0.29) is 11.7 Å². The molecule has 1 saturated heterocycles. The Balaban J connectivity index is 1.60. The van der Waals surface area contributed by atoms with Gasteiger partial charge in [-0.1, -0.05) is 11.2 Å². The van der Waals surface area contributed by atoms with Crippen molar-refractivity contribution in [3.63, 3.8) is 0 Å². The number of carbonyl (C=O) groups excluding carboxylic acids is 2. The number of hydrogen-bond donors (Lipinski definition) is 3. The number of piperidine rings is 1. The summed E-state index contributed by atoms with van der Waals surface area (Å²) in [6.45, 7) is 4.44. The second-order valence-corrected chi connectivity index (χ2v) is 8.76. The van der Waals surface area contributed by atoms with E-state index in [0.717, 1.165) is 60.4 Å². The standard InChI is InChI=1S/C24H32N4O4/c1-14-22(15(2)32-28-14)16-6-11-19(26-17-7-9-18(31-3)10-8-17)20(13-16)27-24(30)23-21(29)5-4-12-25-23/h6,11,13,17-18,23,25-26H,4-5,7-10,12H2,1-3H3,(H,27,30)/t17?,18?,23-/m0/s1. The molecule has 0 unspecified atom stereocenters. The minimum absolute atomic E-state index is 0.0666. The number of ether oxygens (including phenoxy) is 1. The smallest absolute Gasteiger partial charge is 0.249 e. The zero-order valence-electron chi connectivity index (χ0n) is 19.0. The monoisotopic (exact) mass is 440 g/mol. The summed E-state index contributed by atoms with van der Waals surface area (Å²) >= 11 is 0. The van der Waals surface area contributed by atoms with Gasteiger partial charge in [0.15, 0.2) is 5.78 Å². The summed E-state index contributed by atoms with van der Waals surface area (Å²) in [4.78, 5) is 25.2. The van der Waals surface area contributed by atoms with Crippen LogP contribution in [0.1, 0.15) is 50.0 Å². The third-order valence-electron chi connectivity index (χ3n) is 6.50. The maximum absolute atomic E-state index is 13.0. The van der Waals surface area contributed by atoms with Gasteiger partial charge in [-0.15, -0.1) is 0 Å². The van der Waals surface area contributed by atoms with E-state index in [2.05, 4.69) is 21.1 Å². The number of benzene rings is 1. The van der Waals surface area contributed by atoms with Crippen LogP contribution in [0, 0.1) is 13.8 Å². The molecule has 4 rings (SSSR count). The summed E-state index contributed by atoms with van der Waals surface area (Å²) in [6, 6.07) is 5.42. The summed E-state index contributed by atoms with van der Waals surface area (Å²) in [7, 11) is 1.76. The van der Waals surface area contributed by atoms with Gasteiger partial charge >= 0.3 is 0 Å². The molecule has 8 nitrogen and oxygen atoms in total. The highest BCUT2D eigenvalue weighted by molar-refractivity contribution is 6.12. The molecule has 0 radical (unpaired) electrons. The predicted molar refractivity (Wildman–Crippen MR) is 123 cm³/mol. The molecule has 1 amide bonds. The summed E-state index contributed by atoms with van der Waals surface area (Å²) in [5.41, 5.74) is 4.12. The van der Waals surface area contributed by atoms with Gasteiger partial charge in [0, 0.05) is 25.1 Å². The molecule has 1 aliphatic carbocycles. The van der Waals surface area contributed by atoms with Gasteiger partial charge in [-0.05, 0) is 70.2 Å². The molecule has 2 aromatic rings. The van der Waals surface area contributed by atoms with Gasteiger partial charge in [0.05, 0.1) is 23.2 Å². The van der Waals surface area contributed by atoms with Crippen LogP contribution in [0.3, 0.4) is 0 Å². The van der Waals surface area contributed by atoms with E-state index in [1.165, 1.54) is 0 Å². The van der Waals surface area contributed by atoms with Crippen molar-refractivity contribution >= 4 is 23.1 Å². The number of nitrogens with one attached hydrogen (secondary N) is 3. The van der Waals surface area contributed by atoms with E-state index >= 15 is 0 Å². The Kier molecular flexibility index (Phi) is 6.91. The molecule has 0 bridgehead atoms. The number of hydrogen-bond acceptors (Lipinski definition) is 7. The van der Waals surface area contributed by atoms with Gasteiger partial charge in [-0.3, -0.25) is 14.9 Å². The van der Waals surface area contributed by atoms with Crippen molar-refractivity contribution in [3.05, 3.63) is 29.7 Å². The highest BCUT2D eigenvalue weighted by atomic mass is 16.5. The largest absolute Gasteiger partial charge is 0.381 e. The first-order valence-corrected chi connectivity index (χ1v) is 11.4. The lowest BCUT2D eigenvalue weighted by Crippen LogP contribution is -2.49. The number of rotatable bonds is 6. The fraction of sp³-hybridized carbons (Fsp3) is 0.542. The van der Waals surface area contributed by atoms with Crippen molar-refractivity contribution in [3.8, 4) is 11.1 Å². The van der Waals surface area contributed by atoms with Crippen molar-refractivity contribution in [1.29, 1.82) is 0 Å². The van der Waals surface area contributed by atoms with Crippen molar-refractivity contribution < 1.29 is 18.8 Å². The van der Waals surface area contributed by atoms with E-state index in [1.807, 2.05) is 32.0 Å². The highest BCUT2D eigenvalue weighted by Gasteiger charge is 2.29. The number of Topliss-reactive ketones (excluding diaryl/α,β-unsaturated/α-hetero) is 1. The minimum atomic E-state index is -0.809. The molecule has 1 atom stereocenters. The Morgan fingerprint density at radius 1 is 1.19 bits per heavy atom. The third-order valence-corrected chi connectivity index (χ3v) is 6.50. The normalized spacial score (nSPS) is 23.7. The Morgan fingerprint density at radius 2 is 1.97 bits per heavy atom. The average molecular weight is 441 g/mol. The molecule has 2 heterocycles. The van der Waals surface area contributed by atoms with Crippen LogP contribution in [0.5, 0.6) is 0 Å². The van der Waals surface area contributed by atoms with E-state index in [4.69, 9.17) is 9.26 Å². The number of methoxy groups -OCH3 is 1. The van der Waals surface area contributed by atoms with Gasteiger partial charge in [0.1, 0.15) is 11.8 Å². The van der Waals surface area contributed by atoms with E-state index in [9.17, 15) is 9.59 Å². The summed E-state index contributed by atoms with van der Waals surface area (Å²) in [5.74, 6) is 0.335. The molecule has 172 valence electrons. The van der Waals surface area contributed by atoms with Crippen molar-refractivity contribution in [2.45, 2.75) is 70.6 Å². The number of nitrogens with zero attached hydrogens (tertiary/aromatic N) is 1. The maximum atomic E-state index is 13.0. The van der Waals surface area contributed by atoms with Crippen LogP contribution in [0.4, 0.5) is 11.4 Å². The Hall–Kier alpha value is -2.71. The summed E-state index contributed by atoms with van der Waals surface area (Å²) in [6.07, 6.45) is 5.53. The number of carbonyl (C=O) groups is 2. The second-order valence-electron chi connectivity index (χ2n) is 8.76. The zero-order valence-corrected chi connectivity index (χ0v) is 19.0. The molecule has 1 aliphatic heterocycles. The van der Waals surface area contributed by atoms with Crippen molar-refractivity contribution in [1.82, 2.24) is 10.5 Å². The minimum Gasteiger partial charge on any atom is -0.381 e. The number of aryl methyl sites for hydroxylation is 2. The lowest BCUT2D eigenvalue weighted by molar-refractivity contribution is -0.129. The Bertz CT molecular complexity index is 959. The number of aromatic nitrogens is 1. The molecule has 0 spiro atoms. The Morgan fingerprint density at radius 3 is 2.62 bits per heavy atom. The predicted octanol–water partition coefficient (Wildman–Crippen LogP) is 3.59. The van der Waals surface area contributed by atoms with Gasteiger partial charge in [-0.2, -0.15) is 0 Å². The number of ketones is 1. The molecule has 32 heavy (non-hydrogen) atoms. The lowest BCUT2D eigenvalue weighted by atomic mass is 9.92.